The quantitative estimate of drug-likeness (QED) is 0.127. The predicted molar refractivity (Wildman–Crippen MR) is 165 cm³/mol. The summed E-state index contributed by atoms with van der Waals surface area (Å²) in [6.45, 7) is 8.64. The molecule has 0 saturated heterocycles. The van der Waals surface area contributed by atoms with Gasteiger partial charge in [-0.2, -0.15) is 5.10 Å². The topological polar surface area (TPSA) is 127 Å². The number of unbranched alkanes of at least 4 members (excludes halogenated alkanes) is 2. The highest BCUT2D eigenvalue weighted by Gasteiger charge is 2.25. The lowest BCUT2D eigenvalue weighted by molar-refractivity contribution is -0.134. The lowest BCUT2D eigenvalue weighted by Gasteiger charge is -2.26. The summed E-state index contributed by atoms with van der Waals surface area (Å²) in [7, 11) is 1.40. The summed E-state index contributed by atoms with van der Waals surface area (Å²) in [6.07, 6.45) is 12.1. The molecule has 0 aliphatic heterocycles. The molecule has 3 aromatic heterocycles. The van der Waals surface area contributed by atoms with Crippen molar-refractivity contribution in [2.45, 2.75) is 58.9 Å². The van der Waals surface area contributed by atoms with Gasteiger partial charge in [0.05, 0.1) is 23.8 Å². The van der Waals surface area contributed by atoms with Crippen molar-refractivity contribution < 1.29 is 9.53 Å². The molecule has 216 valence electrons. The molecule has 5 aromatic rings. The number of methoxy groups -OCH3 is 1. The van der Waals surface area contributed by atoms with Crippen LogP contribution in [0.1, 0.15) is 58.9 Å². The fourth-order valence-electron chi connectivity index (χ4n) is 5.12. The van der Waals surface area contributed by atoms with Crippen LogP contribution in [0.2, 0.25) is 0 Å². The number of benzene rings is 2. The van der Waals surface area contributed by atoms with E-state index in [1.54, 1.807) is 29.5 Å². The van der Waals surface area contributed by atoms with Crippen molar-refractivity contribution in [3.63, 3.8) is 0 Å². The minimum atomic E-state index is -0.371. The number of ether oxygens (including phenoxy) is 1. The summed E-state index contributed by atoms with van der Waals surface area (Å²) in [5, 5.41) is 4.43. The van der Waals surface area contributed by atoms with E-state index in [2.05, 4.69) is 64.4 Å². The van der Waals surface area contributed by atoms with Crippen LogP contribution in [-0.2, 0) is 15.1 Å². The summed E-state index contributed by atoms with van der Waals surface area (Å²) in [5.41, 5.74) is 12.6. The number of rotatable bonds is 9. The first-order valence-corrected chi connectivity index (χ1v) is 14.1. The van der Waals surface area contributed by atoms with Gasteiger partial charge in [-0.25, -0.2) is 29.4 Å². The maximum absolute atomic E-state index is 12.4. The molecule has 2 N–H and O–H groups in total. The summed E-state index contributed by atoms with van der Waals surface area (Å²) in [4.78, 5) is 30.0. The van der Waals surface area contributed by atoms with Gasteiger partial charge in [0.2, 0.25) is 5.95 Å². The van der Waals surface area contributed by atoms with Crippen molar-refractivity contribution in [2.24, 2.45) is 0 Å². The molecule has 0 spiro atoms. The Morgan fingerprint density at radius 3 is 2.50 bits per heavy atom. The number of nitrogen functional groups attached to an aromatic ring is 1. The van der Waals surface area contributed by atoms with Gasteiger partial charge in [0, 0.05) is 35.1 Å². The van der Waals surface area contributed by atoms with Crippen LogP contribution in [0, 0.1) is 0 Å². The van der Waals surface area contributed by atoms with Crippen LogP contribution >= 0.6 is 0 Å². The van der Waals surface area contributed by atoms with E-state index in [0.29, 0.717) is 0 Å². The molecule has 0 bridgehead atoms. The maximum atomic E-state index is 12.4. The van der Waals surface area contributed by atoms with Crippen LogP contribution in [-0.4, -0.2) is 47.4 Å². The Morgan fingerprint density at radius 2 is 1.83 bits per heavy atom. The van der Waals surface area contributed by atoms with Crippen LogP contribution in [0.3, 0.4) is 0 Å². The Balaban J connectivity index is 1.74. The molecule has 10 nitrogen and oxygen atoms in total. The second-order valence-electron chi connectivity index (χ2n) is 11.2. The monoisotopic (exact) mass is 564 g/mol. The van der Waals surface area contributed by atoms with E-state index in [1.807, 2.05) is 24.3 Å². The number of hydrogen-bond acceptors (Lipinski definition) is 8. The Labute approximate surface area is 245 Å². The van der Waals surface area contributed by atoms with Crippen molar-refractivity contribution in [2.75, 3.05) is 12.8 Å². The number of carbonyl (C=O) groups excluding carboxylic acids is 1. The minimum absolute atomic E-state index is 0.231. The first-order valence-electron chi connectivity index (χ1n) is 14.1. The Hall–Kier alpha value is -4.86. The molecule has 0 aliphatic rings. The molecule has 0 atom stereocenters. The summed E-state index contributed by atoms with van der Waals surface area (Å²) in [5.74, 6) is 0.640. The molecule has 0 fully saturated rings. The van der Waals surface area contributed by atoms with Crippen LogP contribution in [0.15, 0.2) is 67.5 Å². The van der Waals surface area contributed by atoms with Gasteiger partial charge in [0.15, 0.2) is 0 Å². The maximum Gasteiger partial charge on any atom is 0.330 e. The number of carbonyl (C=O) groups is 1. The van der Waals surface area contributed by atoms with E-state index in [1.165, 1.54) is 13.4 Å². The second-order valence-corrected chi connectivity index (χ2v) is 11.2. The summed E-state index contributed by atoms with van der Waals surface area (Å²) >= 11 is 0. The Bertz CT molecular complexity index is 1730. The van der Waals surface area contributed by atoms with Crippen LogP contribution in [0.25, 0.3) is 44.8 Å². The Morgan fingerprint density at radius 1 is 1.05 bits per heavy atom. The molecular weight excluding hydrogens is 528 g/mol. The molecule has 0 unspecified atom stereocenters. The number of fused-ring (bicyclic) bond motifs is 1. The molecule has 3 heterocycles. The number of imidazole rings is 1. The zero-order valence-corrected chi connectivity index (χ0v) is 24.7. The number of allylic oxidation sites excluding steroid dienone is 1. The van der Waals surface area contributed by atoms with Gasteiger partial charge in [-0.3, -0.25) is 0 Å². The van der Waals surface area contributed by atoms with Crippen LogP contribution in [0.4, 0.5) is 5.95 Å². The first kappa shape index (κ1) is 28.7. The van der Waals surface area contributed by atoms with Gasteiger partial charge in [0.1, 0.15) is 18.5 Å². The number of nitrogens with two attached hydrogens (primary N) is 1. The highest BCUT2D eigenvalue weighted by molar-refractivity contribution is 5.93. The molecule has 2 aromatic carbocycles. The molecule has 42 heavy (non-hydrogen) atoms. The van der Waals surface area contributed by atoms with E-state index in [9.17, 15) is 4.79 Å². The number of aromatic nitrogens is 7. The lowest BCUT2D eigenvalue weighted by Crippen LogP contribution is -2.23. The van der Waals surface area contributed by atoms with E-state index in [4.69, 9.17) is 15.5 Å². The standard InChI is InChI=1S/C32H36N8O2/c1-6-7-8-9-21(16-29(41)42-5)22-10-12-27(39-20-34-19-37-39)25(14-22)30-38-26-15-23(24-17-35-31(33)36-18-24)11-13-28(26)40(30)32(2,3)4/h10-20H,6-9H2,1-5H3,(H2,33,35,36). The van der Waals surface area contributed by atoms with Gasteiger partial charge < -0.3 is 15.0 Å². The van der Waals surface area contributed by atoms with Crippen molar-refractivity contribution in [1.82, 2.24) is 34.3 Å². The predicted octanol–water partition coefficient (Wildman–Crippen LogP) is 6.21. The highest BCUT2D eigenvalue weighted by atomic mass is 16.5. The number of esters is 1. The number of anilines is 1. The van der Waals surface area contributed by atoms with Gasteiger partial charge in [0.25, 0.3) is 0 Å². The number of nitrogens with zero attached hydrogens (tertiary/aromatic N) is 7. The summed E-state index contributed by atoms with van der Waals surface area (Å²) in [6, 6.07) is 12.3. The van der Waals surface area contributed by atoms with Crippen LogP contribution < -0.4 is 5.73 Å². The lowest BCUT2D eigenvalue weighted by atomic mass is 9.96. The fraction of sp³-hybridized carbons (Fsp3) is 0.312. The molecular formula is C32H36N8O2. The molecule has 0 aliphatic carbocycles. The smallest absolute Gasteiger partial charge is 0.330 e. The SMILES string of the molecule is CCCCCC(=CC(=O)OC)c1ccc(-n2cncn2)c(-c2nc3cc(-c4cnc(N)nc4)ccc3n2C(C)(C)C)c1. The molecule has 0 amide bonds. The van der Waals surface area contributed by atoms with Crippen molar-refractivity contribution in [1.29, 1.82) is 0 Å². The van der Waals surface area contributed by atoms with E-state index < -0.39 is 0 Å². The largest absolute Gasteiger partial charge is 0.466 e. The highest BCUT2D eigenvalue weighted by Crippen LogP contribution is 2.37. The Kier molecular flexibility index (Phi) is 8.15. The molecule has 10 heteroatoms. The fourth-order valence-corrected chi connectivity index (χ4v) is 5.12. The third-order valence-electron chi connectivity index (χ3n) is 7.15. The van der Waals surface area contributed by atoms with Gasteiger partial charge in [-0.1, -0.05) is 31.9 Å². The van der Waals surface area contributed by atoms with E-state index in [-0.39, 0.29) is 17.5 Å². The molecule has 5 rings (SSSR count). The van der Waals surface area contributed by atoms with E-state index >= 15 is 0 Å². The second kappa shape index (κ2) is 11.9. The van der Waals surface area contributed by atoms with E-state index in [0.717, 1.165) is 76.1 Å². The zero-order valence-electron chi connectivity index (χ0n) is 24.7. The molecule has 0 radical (unpaired) electrons. The molecule has 0 saturated carbocycles. The normalized spacial score (nSPS) is 12.2. The van der Waals surface area contributed by atoms with Gasteiger partial charge in [-0.05, 0) is 74.6 Å². The summed E-state index contributed by atoms with van der Waals surface area (Å²) < 4.78 is 8.98. The average Bonchev–Trinajstić information content (AvgIpc) is 3.65. The van der Waals surface area contributed by atoms with Gasteiger partial charge in [-0.15, -0.1) is 0 Å². The van der Waals surface area contributed by atoms with Crippen molar-refractivity contribution in [3.8, 4) is 28.2 Å². The third kappa shape index (κ3) is 5.93. The average molecular weight is 565 g/mol. The van der Waals surface area contributed by atoms with Gasteiger partial charge >= 0.3 is 5.97 Å². The van der Waals surface area contributed by atoms with Crippen molar-refractivity contribution >= 4 is 28.5 Å². The third-order valence-corrected chi connectivity index (χ3v) is 7.15. The number of hydrogen-bond donors (Lipinski definition) is 1. The van der Waals surface area contributed by atoms with Crippen molar-refractivity contribution in [3.05, 3.63) is 73.1 Å². The first-order chi connectivity index (χ1) is 20.2. The zero-order chi connectivity index (χ0) is 29.9. The minimum Gasteiger partial charge on any atom is -0.466 e. The van der Waals surface area contributed by atoms with Crippen LogP contribution in [0.5, 0.6) is 0 Å².